The van der Waals surface area contributed by atoms with Crippen molar-refractivity contribution in [3.05, 3.63) is 0 Å². The molecule has 0 heterocycles. The van der Waals surface area contributed by atoms with Crippen LogP contribution in [0.15, 0.2) is 0 Å². The molecule has 4 heteroatoms. The van der Waals surface area contributed by atoms with Gasteiger partial charge in [-0.3, -0.25) is 0 Å². The van der Waals surface area contributed by atoms with Crippen LogP contribution in [0.3, 0.4) is 0 Å². The second-order valence-corrected chi connectivity index (χ2v) is 0.0833. The van der Waals surface area contributed by atoms with Gasteiger partial charge in [0.2, 0.25) is 0 Å². The maximum atomic E-state index is 8.12. The molecular weight excluding hydrogens is 460 g/mol. The molecule has 0 bridgehead atoms. The topological polar surface area (TPSA) is 34.1 Å². The van der Waals surface area contributed by atoms with Gasteiger partial charge in [0.05, 0.1) is 0 Å². The molecule has 0 aromatic rings. The molecule has 5 heavy (non-hydrogen) atoms. The molecule has 2 radical (unpaired) electrons. The minimum atomic E-state index is 0. The van der Waals surface area contributed by atoms with Crippen LogP contribution in [0.2, 0.25) is 0 Å². The van der Waals surface area contributed by atoms with Crippen LogP contribution in [0.5, 0.6) is 0 Å². The van der Waals surface area contributed by atoms with Crippen molar-refractivity contribution in [2.24, 2.45) is 0 Å². The Hall–Kier alpha value is 1.19. The van der Waals surface area contributed by atoms with Crippen molar-refractivity contribution >= 4 is 59.7 Å². The van der Waals surface area contributed by atoms with Crippen molar-refractivity contribution in [1.29, 1.82) is 0 Å². The van der Waals surface area contributed by atoms with Crippen molar-refractivity contribution in [3.63, 3.8) is 0 Å². The monoisotopic (exact) mass is 466 g/mol. The Labute approximate surface area is 68.6 Å². The summed E-state index contributed by atoms with van der Waals surface area (Å²) >= 11 is 0. The number of rotatable bonds is 0. The summed E-state index contributed by atoms with van der Waals surface area (Å²) < 4.78 is 0. The molecule has 0 aliphatic carbocycles. The van der Waals surface area contributed by atoms with Crippen LogP contribution in [0, 0.1) is 0 Å². The average Bonchev–Trinajstić information content (AvgIpc) is 0.918. The summed E-state index contributed by atoms with van der Waals surface area (Å²) in [5.74, 6) is 0. The predicted molar refractivity (Wildman–Crippen MR) is 23.5 cm³/mol. The van der Waals surface area contributed by atoms with Gasteiger partial charge in [0.15, 0.2) is 0 Å². The Bertz CT molecular complexity index is 30.6. The fourth-order valence-electron chi connectivity index (χ4n) is 0. The van der Waals surface area contributed by atoms with Crippen molar-refractivity contribution in [3.8, 4) is 0 Å². The molecule has 0 N–H and O–H groups in total. The fraction of sp³-hybridized carbons (Fsp3) is 0. The van der Waals surface area contributed by atoms with E-state index >= 15 is 0 Å². The van der Waals surface area contributed by atoms with E-state index in [1.165, 1.54) is 0 Å². The first kappa shape index (κ1) is 16.4. The molecule has 0 aliphatic rings. The van der Waals surface area contributed by atoms with Crippen LogP contribution in [-0.2, 0) is 9.59 Å². The Kier molecular flexibility index (Phi) is 62.4. The van der Waals surface area contributed by atoms with Crippen molar-refractivity contribution < 1.29 is 9.59 Å². The SMILES string of the molecule is O=C=O.[BiH3].[PbH2]. The number of hydrogen-bond donors (Lipinski definition) is 0. The van der Waals surface area contributed by atoms with Gasteiger partial charge in [-0.2, -0.15) is 9.59 Å². The minimum absolute atomic E-state index is 0. The van der Waals surface area contributed by atoms with E-state index in [0.717, 1.165) is 0 Å². The summed E-state index contributed by atoms with van der Waals surface area (Å²) in [5.41, 5.74) is 0. The standard InChI is InChI=1S/CO2.Bi.Pb.5H/c2-1-3;;;;;;;. The molecule has 0 saturated carbocycles. The van der Waals surface area contributed by atoms with E-state index in [2.05, 4.69) is 0 Å². The summed E-state index contributed by atoms with van der Waals surface area (Å²) in [6, 6.07) is 0. The molecule has 0 atom stereocenters. The van der Waals surface area contributed by atoms with Gasteiger partial charge in [0.25, 0.3) is 0 Å². The molecule has 0 saturated heterocycles. The number of carbonyl (C=O) groups excluding carboxylic acids is 2. The molecular formula is CH5BiO2Pb. The van der Waals surface area contributed by atoms with Gasteiger partial charge in [-0.1, -0.05) is 0 Å². The molecule has 0 amide bonds. The van der Waals surface area contributed by atoms with Gasteiger partial charge < -0.3 is 0 Å². The van der Waals surface area contributed by atoms with Gasteiger partial charge in [-0.15, -0.1) is 0 Å². The second-order valence-electron chi connectivity index (χ2n) is 0.0833. The van der Waals surface area contributed by atoms with E-state index < -0.39 is 0 Å². The zero-order valence-corrected chi connectivity index (χ0v) is 13.7. The third-order valence-corrected chi connectivity index (χ3v) is 0. The van der Waals surface area contributed by atoms with E-state index in [-0.39, 0.29) is 59.7 Å². The van der Waals surface area contributed by atoms with E-state index in [1.807, 2.05) is 0 Å². The van der Waals surface area contributed by atoms with E-state index in [0.29, 0.717) is 0 Å². The molecule has 30 valence electrons. The molecule has 0 aliphatic heterocycles. The van der Waals surface area contributed by atoms with Crippen LogP contribution in [-0.4, -0.2) is 59.7 Å². The van der Waals surface area contributed by atoms with Crippen LogP contribution in [0.25, 0.3) is 0 Å². The Morgan fingerprint density at radius 2 is 1.20 bits per heavy atom. The molecule has 0 aromatic heterocycles. The van der Waals surface area contributed by atoms with Crippen molar-refractivity contribution in [2.75, 3.05) is 0 Å². The fourth-order valence-corrected chi connectivity index (χ4v) is 0. The molecule has 0 unspecified atom stereocenters. The first-order valence-electron chi connectivity index (χ1n) is 0.408. The molecule has 0 rings (SSSR count). The van der Waals surface area contributed by atoms with Crippen molar-refractivity contribution in [2.45, 2.75) is 0 Å². The summed E-state index contributed by atoms with van der Waals surface area (Å²) in [5, 5.41) is 0. The zero-order chi connectivity index (χ0) is 2.71. The summed E-state index contributed by atoms with van der Waals surface area (Å²) in [7, 11) is 0. The Morgan fingerprint density at radius 3 is 1.20 bits per heavy atom. The second kappa shape index (κ2) is 19.0. The first-order chi connectivity index (χ1) is 1.41. The van der Waals surface area contributed by atoms with Crippen LogP contribution in [0.4, 0.5) is 0 Å². The van der Waals surface area contributed by atoms with Crippen LogP contribution in [0.1, 0.15) is 0 Å². The van der Waals surface area contributed by atoms with Gasteiger partial charge in [0, 0.05) is 0 Å². The van der Waals surface area contributed by atoms with Gasteiger partial charge in [-0.25, -0.2) is 0 Å². The molecule has 0 aromatic carbocycles. The van der Waals surface area contributed by atoms with Gasteiger partial charge in [0.1, 0.15) is 0 Å². The first-order valence-corrected chi connectivity index (χ1v) is 0.408. The summed E-state index contributed by atoms with van der Waals surface area (Å²) in [6.07, 6.45) is 0.250. The van der Waals surface area contributed by atoms with Crippen LogP contribution >= 0.6 is 0 Å². The average molecular weight is 465 g/mol. The maximum absolute atomic E-state index is 8.12. The molecule has 0 spiro atoms. The van der Waals surface area contributed by atoms with E-state index in [9.17, 15) is 0 Å². The number of hydrogen-bond acceptors (Lipinski definition) is 2. The third-order valence-electron chi connectivity index (χ3n) is 0. The third kappa shape index (κ3) is 37.5. The zero-order valence-electron chi connectivity index (χ0n) is 2.73. The predicted octanol–water partition coefficient (Wildman–Crippen LogP) is -2.68. The van der Waals surface area contributed by atoms with E-state index in [4.69, 9.17) is 9.59 Å². The van der Waals surface area contributed by atoms with Crippen LogP contribution < -0.4 is 0 Å². The molecule has 0 fully saturated rings. The Morgan fingerprint density at radius 1 is 1.20 bits per heavy atom. The summed E-state index contributed by atoms with van der Waals surface area (Å²) in [4.78, 5) is 16.2. The quantitative estimate of drug-likeness (QED) is 0.366. The summed E-state index contributed by atoms with van der Waals surface area (Å²) in [6.45, 7) is 0. The molecule has 2 nitrogen and oxygen atoms in total. The normalized spacial score (nSPS) is 1.60. The van der Waals surface area contributed by atoms with Gasteiger partial charge >= 0.3 is 59.7 Å². The Balaban J connectivity index is -0.0000000200. The van der Waals surface area contributed by atoms with Gasteiger partial charge in [-0.05, 0) is 0 Å². The van der Waals surface area contributed by atoms with E-state index in [1.54, 1.807) is 0 Å². The van der Waals surface area contributed by atoms with Crippen molar-refractivity contribution in [1.82, 2.24) is 0 Å².